The molecule has 0 aromatic heterocycles. The molecule has 0 bridgehead atoms. The average molecular weight is 284 g/mol. The summed E-state index contributed by atoms with van der Waals surface area (Å²) in [5.41, 5.74) is 4.21. The number of halogens is 1. The maximum absolute atomic E-state index is 3.52. The van der Waals surface area contributed by atoms with Crippen LogP contribution in [-0.4, -0.2) is 23.3 Å². The van der Waals surface area contributed by atoms with E-state index in [4.69, 9.17) is 0 Å². The SMILES string of the molecule is CCCN(CCBr)Cc1ccc(C)c(C)c1. The van der Waals surface area contributed by atoms with E-state index in [0.29, 0.717) is 0 Å². The molecule has 0 atom stereocenters. The first-order valence-electron chi connectivity index (χ1n) is 6.01. The molecule has 90 valence electrons. The third kappa shape index (κ3) is 4.26. The van der Waals surface area contributed by atoms with Crippen molar-refractivity contribution < 1.29 is 0 Å². The van der Waals surface area contributed by atoms with Gasteiger partial charge in [-0.3, -0.25) is 4.90 Å². The Hall–Kier alpha value is -0.340. The summed E-state index contributed by atoms with van der Waals surface area (Å²) >= 11 is 3.52. The van der Waals surface area contributed by atoms with E-state index in [1.165, 1.54) is 29.7 Å². The van der Waals surface area contributed by atoms with E-state index in [0.717, 1.165) is 18.4 Å². The van der Waals surface area contributed by atoms with Gasteiger partial charge in [-0.05, 0) is 43.5 Å². The Labute approximate surface area is 108 Å². The molecule has 0 aliphatic carbocycles. The lowest BCUT2D eigenvalue weighted by Crippen LogP contribution is -2.26. The maximum atomic E-state index is 3.52. The van der Waals surface area contributed by atoms with Gasteiger partial charge >= 0.3 is 0 Å². The van der Waals surface area contributed by atoms with Crippen molar-refractivity contribution in [2.75, 3.05) is 18.4 Å². The molecule has 1 aromatic carbocycles. The second-order valence-corrected chi connectivity index (χ2v) is 5.18. The zero-order chi connectivity index (χ0) is 12.0. The molecule has 0 radical (unpaired) electrons. The van der Waals surface area contributed by atoms with Crippen molar-refractivity contribution in [2.24, 2.45) is 0 Å². The lowest BCUT2D eigenvalue weighted by molar-refractivity contribution is 0.283. The van der Waals surface area contributed by atoms with Gasteiger partial charge in [0.1, 0.15) is 0 Å². The number of nitrogens with zero attached hydrogens (tertiary/aromatic N) is 1. The molecule has 2 heteroatoms. The highest BCUT2D eigenvalue weighted by atomic mass is 79.9. The summed E-state index contributed by atoms with van der Waals surface area (Å²) in [6, 6.07) is 6.79. The quantitative estimate of drug-likeness (QED) is 0.716. The van der Waals surface area contributed by atoms with Gasteiger partial charge < -0.3 is 0 Å². The van der Waals surface area contributed by atoms with E-state index in [-0.39, 0.29) is 0 Å². The Morgan fingerprint density at radius 3 is 2.44 bits per heavy atom. The third-order valence-electron chi connectivity index (χ3n) is 2.92. The molecule has 0 spiro atoms. The fourth-order valence-corrected chi connectivity index (χ4v) is 2.37. The molecule has 0 unspecified atom stereocenters. The van der Waals surface area contributed by atoms with E-state index in [9.17, 15) is 0 Å². The van der Waals surface area contributed by atoms with E-state index in [1.807, 2.05) is 0 Å². The van der Waals surface area contributed by atoms with Crippen LogP contribution in [0.4, 0.5) is 0 Å². The van der Waals surface area contributed by atoms with Gasteiger partial charge in [-0.1, -0.05) is 41.1 Å². The lowest BCUT2D eigenvalue weighted by Gasteiger charge is -2.21. The van der Waals surface area contributed by atoms with Crippen LogP contribution in [0.3, 0.4) is 0 Å². The molecular weight excluding hydrogens is 262 g/mol. The molecule has 0 aliphatic heterocycles. The van der Waals surface area contributed by atoms with Gasteiger partial charge in [0.25, 0.3) is 0 Å². The Bertz CT molecular complexity index is 317. The van der Waals surface area contributed by atoms with Gasteiger partial charge in [0.15, 0.2) is 0 Å². The molecule has 0 amide bonds. The number of rotatable bonds is 6. The van der Waals surface area contributed by atoms with Gasteiger partial charge in [0.2, 0.25) is 0 Å². The summed E-state index contributed by atoms with van der Waals surface area (Å²) in [7, 11) is 0. The molecule has 0 fully saturated rings. The minimum Gasteiger partial charge on any atom is -0.298 e. The van der Waals surface area contributed by atoms with Crippen LogP contribution in [-0.2, 0) is 6.54 Å². The van der Waals surface area contributed by atoms with Crippen molar-refractivity contribution in [2.45, 2.75) is 33.7 Å². The van der Waals surface area contributed by atoms with Crippen LogP contribution in [0.5, 0.6) is 0 Å². The summed E-state index contributed by atoms with van der Waals surface area (Å²) in [6.07, 6.45) is 1.22. The molecule has 0 saturated carbocycles. The number of alkyl halides is 1. The topological polar surface area (TPSA) is 3.24 Å². The van der Waals surface area contributed by atoms with E-state index >= 15 is 0 Å². The molecular formula is C14H22BrN. The van der Waals surface area contributed by atoms with Crippen LogP contribution in [0.1, 0.15) is 30.0 Å². The van der Waals surface area contributed by atoms with Crippen molar-refractivity contribution in [1.29, 1.82) is 0 Å². The van der Waals surface area contributed by atoms with Gasteiger partial charge in [-0.15, -0.1) is 0 Å². The standard InChI is InChI=1S/C14H22BrN/c1-4-8-16(9-7-15)11-14-6-5-12(2)13(3)10-14/h5-6,10H,4,7-9,11H2,1-3H3. The van der Waals surface area contributed by atoms with Crippen LogP contribution >= 0.6 is 15.9 Å². The van der Waals surface area contributed by atoms with Crippen molar-refractivity contribution in [3.05, 3.63) is 34.9 Å². The number of benzene rings is 1. The maximum Gasteiger partial charge on any atom is 0.0234 e. The first-order chi connectivity index (χ1) is 7.67. The Balaban J connectivity index is 2.65. The van der Waals surface area contributed by atoms with Crippen molar-refractivity contribution >= 4 is 15.9 Å². The van der Waals surface area contributed by atoms with Gasteiger partial charge in [0, 0.05) is 18.4 Å². The summed E-state index contributed by atoms with van der Waals surface area (Å²) < 4.78 is 0. The second-order valence-electron chi connectivity index (χ2n) is 4.38. The van der Waals surface area contributed by atoms with Crippen LogP contribution < -0.4 is 0 Å². The van der Waals surface area contributed by atoms with Crippen molar-refractivity contribution in [3.63, 3.8) is 0 Å². The van der Waals surface area contributed by atoms with E-state index < -0.39 is 0 Å². The van der Waals surface area contributed by atoms with Crippen LogP contribution in [0.2, 0.25) is 0 Å². The lowest BCUT2D eigenvalue weighted by atomic mass is 10.1. The highest BCUT2D eigenvalue weighted by molar-refractivity contribution is 9.09. The minimum absolute atomic E-state index is 1.05. The Morgan fingerprint density at radius 2 is 1.88 bits per heavy atom. The zero-order valence-electron chi connectivity index (χ0n) is 10.6. The molecule has 0 saturated heterocycles. The molecule has 16 heavy (non-hydrogen) atoms. The Kier molecular flexibility index (Phi) is 6.07. The van der Waals surface area contributed by atoms with Gasteiger partial charge in [0.05, 0.1) is 0 Å². The van der Waals surface area contributed by atoms with Crippen LogP contribution in [0.25, 0.3) is 0 Å². The first kappa shape index (κ1) is 13.7. The monoisotopic (exact) mass is 283 g/mol. The highest BCUT2D eigenvalue weighted by Crippen LogP contribution is 2.12. The fraction of sp³-hybridized carbons (Fsp3) is 0.571. The summed E-state index contributed by atoms with van der Waals surface area (Å²) in [5.74, 6) is 0. The predicted molar refractivity (Wildman–Crippen MR) is 75.3 cm³/mol. The number of aryl methyl sites for hydroxylation is 2. The smallest absolute Gasteiger partial charge is 0.0234 e. The molecule has 1 aromatic rings. The summed E-state index contributed by atoms with van der Waals surface area (Å²) in [4.78, 5) is 2.50. The molecule has 1 nitrogen and oxygen atoms in total. The molecule has 0 N–H and O–H groups in total. The molecule has 1 rings (SSSR count). The number of hydrogen-bond donors (Lipinski definition) is 0. The van der Waals surface area contributed by atoms with E-state index in [2.05, 4.69) is 59.8 Å². The van der Waals surface area contributed by atoms with Crippen LogP contribution in [0.15, 0.2) is 18.2 Å². The zero-order valence-corrected chi connectivity index (χ0v) is 12.2. The average Bonchev–Trinajstić information content (AvgIpc) is 2.24. The normalized spacial score (nSPS) is 11.1. The largest absolute Gasteiger partial charge is 0.298 e. The predicted octanol–water partition coefficient (Wildman–Crippen LogP) is 3.91. The summed E-state index contributed by atoms with van der Waals surface area (Å²) in [5, 5.41) is 1.05. The minimum atomic E-state index is 1.05. The second kappa shape index (κ2) is 7.08. The van der Waals surface area contributed by atoms with Crippen LogP contribution in [0, 0.1) is 13.8 Å². The molecule has 0 aliphatic rings. The Morgan fingerprint density at radius 1 is 1.12 bits per heavy atom. The van der Waals surface area contributed by atoms with Gasteiger partial charge in [-0.2, -0.15) is 0 Å². The summed E-state index contributed by atoms with van der Waals surface area (Å²) in [6.45, 7) is 9.97. The third-order valence-corrected chi connectivity index (χ3v) is 3.27. The fourth-order valence-electron chi connectivity index (χ4n) is 1.87. The molecule has 0 heterocycles. The van der Waals surface area contributed by atoms with E-state index in [1.54, 1.807) is 0 Å². The number of hydrogen-bond acceptors (Lipinski definition) is 1. The van der Waals surface area contributed by atoms with Crippen molar-refractivity contribution in [1.82, 2.24) is 4.90 Å². The van der Waals surface area contributed by atoms with Gasteiger partial charge in [-0.25, -0.2) is 0 Å². The highest BCUT2D eigenvalue weighted by Gasteiger charge is 2.04. The first-order valence-corrected chi connectivity index (χ1v) is 7.14. The van der Waals surface area contributed by atoms with Crippen molar-refractivity contribution in [3.8, 4) is 0 Å².